The maximum atomic E-state index is 11.4. The Morgan fingerprint density at radius 2 is 1.76 bits per heavy atom. The van der Waals surface area contributed by atoms with Crippen LogP contribution < -0.4 is 5.32 Å². The minimum Gasteiger partial charge on any atom is -0.353 e. The number of thiazole rings is 1. The quantitative estimate of drug-likeness (QED) is 0.679. The zero-order chi connectivity index (χ0) is 19.8. The van der Waals surface area contributed by atoms with Crippen molar-refractivity contribution in [3.8, 4) is 0 Å². The van der Waals surface area contributed by atoms with Crippen molar-refractivity contribution in [2.24, 2.45) is 0 Å². The van der Waals surface area contributed by atoms with E-state index < -0.39 is 0 Å². The van der Waals surface area contributed by atoms with Crippen LogP contribution in [-0.2, 0) is 17.8 Å². The van der Waals surface area contributed by atoms with E-state index in [1.54, 1.807) is 18.3 Å². The second-order valence-electron chi connectivity index (χ2n) is 8.49. The Labute approximate surface area is 176 Å². The first-order chi connectivity index (χ1) is 14.1. The lowest BCUT2D eigenvalue weighted by Crippen LogP contribution is -2.49. The minimum absolute atomic E-state index is 0.103. The fourth-order valence-corrected chi connectivity index (χ4v) is 6.08. The number of nitrogens with zero attached hydrogens (tertiary/aromatic N) is 2. The molecule has 2 fully saturated rings. The van der Waals surface area contributed by atoms with Crippen LogP contribution in [0.4, 0.5) is 0 Å². The molecule has 3 heterocycles. The number of para-hydroxylation sites is 1. The molecule has 2 atom stereocenters. The van der Waals surface area contributed by atoms with Gasteiger partial charge in [0.2, 0.25) is 5.91 Å². The van der Waals surface area contributed by atoms with Crippen molar-refractivity contribution in [3.63, 3.8) is 0 Å². The first-order valence-corrected chi connectivity index (χ1v) is 11.4. The van der Waals surface area contributed by atoms with E-state index in [0.717, 1.165) is 31.3 Å². The molecule has 2 aliphatic rings. The number of carbonyl (C=O) groups excluding carboxylic acids is 1. The zero-order valence-corrected chi connectivity index (χ0v) is 17.6. The van der Waals surface area contributed by atoms with E-state index in [4.69, 9.17) is 4.98 Å². The van der Waals surface area contributed by atoms with Gasteiger partial charge in [-0.3, -0.25) is 9.69 Å². The van der Waals surface area contributed by atoms with Crippen molar-refractivity contribution in [2.45, 2.75) is 63.7 Å². The van der Waals surface area contributed by atoms with Crippen LogP contribution in [-0.4, -0.2) is 33.9 Å². The van der Waals surface area contributed by atoms with Gasteiger partial charge in [0, 0.05) is 38.0 Å². The fraction of sp³-hybridized carbons (Fsp3) is 0.417. The highest BCUT2D eigenvalue weighted by Gasteiger charge is 2.40. The van der Waals surface area contributed by atoms with Crippen molar-refractivity contribution in [1.82, 2.24) is 15.2 Å². The highest BCUT2D eigenvalue weighted by molar-refractivity contribution is 7.18. The lowest BCUT2D eigenvalue weighted by atomic mass is 9.96. The normalized spacial score (nSPS) is 24.1. The molecule has 2 unspecified atom stereocenters. The maximum absolute atomic E-state index is 11.4. The second kappa shape index (κ2) is 7.88. The summed E-state index contributed by atoms with van der Waals surface area (Å²) >= 11 is 1.79. The van der Waals surface area contributed by atoms with Gasteiger partial charge in [-0.2, -0.15) is 0 Å². The van der Waals surface area contributed by atoms with Gasteiger partial charge in [-0.15, -0.1) is 11.3 Å². The van der Waals surface area contributed by atoms with E-state index in [1.807, 2.05) is 6.07 Å². The van der Waals surface area contributed by atoms with Crippen molar-refractivity contribution in [2.75, 3.05) is 0 Å². The summed E-state index contributed by atoms with van der Waals surface area (Å²) in [5.74, 6) is 0.103. The summed E-state index contributed by atoms with van der Waals surface area (Å²) in [5, 5.41) is 4.31. The van der Waals surface area contributed by atoms with E-state index in [9.17, 15) is 4.79 Å². The molecule has 5 heteroatoms. The van der Waals surface area contributed by atoms with Crippen molar-refractivity contribution in [3.05, 3.63) is 64.7 Å². The van der Waals surface area contributed by atoms with Gasteiger partial charge in [0.15, 0.2) is 0 Å². The summed E-state index contributed by atoms with van der Waals surface area (Å²) in [6, 6.07) is 19.0. The number of nitrogens with one attached hydrogen (secondary N) is 1. The second-order valence-corrected chi connectivity index (χ2v) is 9.61. The maximum Gasteiger partial charge on any atom is 0.217 e. The van der Waals surface area contributed by atoms with Crippen LogP contribution >= 0.6 is 11.3 Å². The molecule has 4 nitrogen and oxygen atoms in total. The van der Waals surface area contributed by atoms with Crippen LogP contribution in [0.1, 0.15) is 48.7 Å². The molecule has 1 aromatic heterocycles. The first kappa shape index (κ1) is 18.8. The SMILES string of the molecule is CC(=O)NC1CC2CCC(C1)N2Cc1ccc(Cc2nc3ccccc3s2)cc1. The Bertz CT molecular complexity index is 965. The number of aromatic nitrogens is 1. The molecule has 29 heavy (non-hydrogen) atoms. The molecule has 1 amide bonds. The summed E-state index contributed by atoms with van der Waals surface area (Å²) in [7, 11) is 0. The first-order valence-electron chi connectivity index (χ1n) is 10.6. The van der Waals surface area contributed by atoms with E-state index in [1.165, 1.54) is 33.7 Å². The largest absolute Gasteiger partial charge is 0.353 e. The molecular weight excluding hydrogens is 378 g/mol. The lowest BCUT2D eigenvalue weighted by Gasteiger charge is -2.39. The summed E-state index contributed by atoms with van der Waals surface area (Å²) in [6.07, 6.45) is 5.59. The van der Waals surface area contributed by atoms with Crippen LogP contribution in [0, 0.1) is 0 Å². The Morgan fingerprint density at radius 1 is 1.07 bits per heavy atom. The summed E-state index contributed by atoms with van der Waals surface area (Å²) in [5.41, 5.74) is 3.80. The fourth-order valence-electron chi connectivity index (χ4n) is 5.08. The Balaban J connectivity index is 1.22. The topological polar surface area (TPSA) is 45.2 Å². The van der Waals surface area contributed by atoms with Gasteiger partial charge in [0.25, 0.3) is 0 Å². The number of amides is 1. The molecule has 150 valence electrons. The van der Waals surface area contributed by atoms with E-state index in [-0.39, 0.29) is 5.91 Å². The standard InChI is InChI=1S/C24H27N3OS/c1-16(28)25-19-13-20-10-11-21(14-19)27(20)15-18-8-6-17(7-9-18)12-24-26-22-4-2-3-5-23(22)29-24/h2-9,19-21H,10-15H2,1H3,(H,25,28). The molecule has 3 aromatic rings. The molecule has 1 N–H and O–H groups in total. The number of benzene rings is 2. The third-order valence-corrected chi connectivity index (χ3v) is 7.41. The summed E-state index contributed by atoms with van der Waals surface area (Å²) < 4.78 is 1.26. The summed E-state index contributed by atoms with van der Waals surface area (Å²) in [4.78, 5) is 18.8. The van der Waals surface area contributed by atoms with E-state index >= 15 is 0 Å². The molecule has 0 radical (unpaired) electrons. The number of fused-ring (bicyclic) bond motifs is 3. The molecule has 2 saturated heterocycles. The van der Waals surface area contributed by atoms with Gasteiger partial charge < -0.3 is 5.32 Å². The smallest absolute Gasteiger partial charge is 0.217 e. The lowest BCUT2D eigenvalue weighted by molar-refractivity contribution is -0.120. The summed E-state index contributed by atoms with van der Waals surface area (Å²) in [6.45, 7) is 2.65. The Hall–Kier alpha value is -2.24. The molecule has 5 rings (SSSR count). The van der Waals surface area contributed by atoms with Gasteiger partial charge in [-0.05, 0) is 48.9 Å². The highest BCUT2D eigenvalue weighted by atomic mass is 32.1. The molecule has 2 aromatic carbocycles. The van der Waals surface area contributed by atoms with Gasteiger partial charge in [-0.25, -0.2) is 4.98 Å². The monoisotopic (exact) mass is 405 g/mol. The van der Waals surface area contributed by atoms with E-state index in [2.05, 4.69) is 52.7 Å². The molecule has 2 aliphatic heterocycles. The molecule has 0 spiro atoms. The third-order valence-electron chi connectivity index (χ3n) is 6.37. The van der Waals surface area contributed by atoms with Crippen molar-refractivity contribution in [1.29, 1.82) is 0 Å². The Kier molecular flexibility index (Phi) is 5.10. The number of piperidine rings is 1. The average molecular weight is 406 g/mol. The number of rotatable bonds is 5. The van der Waals surface area contributed by atoms with Crippen molar-refractivity contribution < 1.29 is 4.79 Å². The molecular formula is C24H27N3OS. The number of hydrogen-bond donors (Lipinski definition) is 1. The van der Waals surface area contributed by atoms with Gasteiger partial charge in [0.1, 0.15) is 0 Å². The van der Waals surface area contributed by atoms with Gasteiger partial charge in [0.05, 0.1) is 15.2 Å². The predicted octanol–water partition coefficient (Wildman–Crippen LogP) is 4.52. The number of carbonyl (C=O) groups is 1. The Morgan fingerprint density at radius 3 is 2.45 bits per heavy atom. The van der Waals surface area contributed by atoms with Crippen molar-refractivity contribution >= 4 is 27.5 Å². The minimum atomic E-state index is 0.103. The molecule has 2 bridgehead atoms. The highest BCUT2D eigenvalue weighted by Crippen LogP contribution is 2.37. The van der Waals surface area contributed by atoms with Gasteiger partial charge >= 0.3 is 0 Å². The van der Waals surface area contributed by atoms with E-state index in [0.29, 0.717) is 18.1 Å². The molecule has 0 saturated carbocycles. The third kappa shape index (κ3) is 4.07. The van der Waals surface area contributed by atoms with Crippen LogP contribution in [0.2, 0.25) is 0 Å². The van der Waals surface area contributed by atoms with Crippen LogP contribution in [0.15, 0.2) is 48.5 Å². The van der Waals surface area contributed by atoms with Crippen LogP contribution in [0.5, 0.6) is 0 Å². The van der Waals surface area contributed by atoms with Crippen LogP contribution in [0.25, 0.3) is 10.2 Å². The average Bonchev–Trinajstić information content (AvgIpc) is 3.20. The van der Waals surface area contributed by atoms with Crippen LogP contribution in [0.3, 0.4) is 0 Å². The predicted molar refractivity (Wildman–Crippen MR) is 118 cm³/mol. The van der Waals surface area contributed by atoms with Gasteiger partial charge in [-0.1, -0.05) is 36.4 Å². The number of hydrogen-bond acceptors (Lipinski definition) is 4. The zero-order valence-electron chi connectivity index (χ0n) is 16.8. The molecule has 0 aliphatic carbocycles.